The molecule has 0 radical (unpaired) electrons. The third kappa shape index (κ3) is 6.45. The predicted octanol–water partition coefficient (Wildman–Crippen LogP) is 4.58. The van der Waals surface area contributed by atoms with Gasteiger partial charge in [-0.2, -0.15) is 8.42 Å². The van der Waals surface area contributed by atoms with Crippen LogP contribution in [0.15, 0.2) is 53.4 Å². The van der Waals surface area contributed by atoms with Crippen LogP contribution < -0.4 is 9.50 Å². The molecular formula is C20H26N2O4S2. The lowest BCUT2D eigenvalue weighted by molar-refractivity contribution is 0.193. The van der Waals surface area contributed by atoms with Crippen LogP contribution in [0.2, 0.25) is 0 Å². The number of rotatable bonds is 8. The fraction of sp³-hybridized carbons (Fsp3) is 0.350. The molecular weight excluding hydrogens is 396 g/mol. The topological polar surface area (TPSA) is 75.7 Å². The molecule has 0 aliphatic carbocycles. The standard InChI is InChI=1S/C20H26N2O4S2/c1-5-28(24,25)26-18-10-6-16(7-11-18)14-22(15(2)3)20(23)21-17-8-12-19(27-4)13-9-17/h6-13,15H,5,14H2,1-4H3,(H,21,23). The number of nitrogens with zero attached hydrogens (tertiary/aromatic N) is 1. The van der Waals surface area contributed by atoms with Gasteiger partial charge in [0.25, 0.3) is 0 Å². The average Bonchev–Trinajstić information content (AvgIpc) is 2.67. The Morgan fingerprint density at radius 1 is 1.11 bits per heavy atom. The zero-order valence-corrected chi connectivity index (χ0v) is 18.1. The maximum Gasteiger partial charge on any atom is 0.322 e. The largest absolute Gasteiger partial charge is 0.382 e. The van der Waals surface area contributed by atoms with E-state index in [0.717, 1.165) is 16.1 Å². The van der Waals surface area contributed by atoms with E-state index < -0.39 is 10.1 Å². The number of benzene rings is 2. The van der Waals surface area contributed by atoms with Crippen LogP contribution in [0.25, 0.3) is 0 Å². The molecule has 0 bridgehead atoms. The number of carbonyl (C=O) groups excluding carboxylic acids is 1. The molecule has 28 heavy (non-hydrogen) atoms. The molecule has 0 aliphatic heterocycles. The molecule has 0 saturated heterocycles. The maximum absolute atomic E-state index is 12.7. The third-order valence-electron chi connectivity index (χ3n) is 4.08. The summed E-state index contributed by atoms with van der Waals surface area (Å²) in [6.45, 7) is 5.81. The minimum Gasteiger partial charge on any atom is -0.382 e. The summed E-state index contributed by atoms with van der Waals surface area (Å²) in [6, 6.07) is 14.2. The van der Waals surface area contributed by atoms with Crippen LogP contribution in [0, 0.1) is 0 Å². The Kier molecular flexibility index (Phi) is 7.77. The van der Waals surface area contributed by atoms with Crippen molar-refractivity contribution in [3.8, 4) is 5.75 Å². The highest BCUT2D eigenvalue weighted by molar-refractivity contribution is 7.98. The number of nitrogens with one attached hydrogen (secondary N) is 1. The summed E-state index contributed by atoms with van der Waals surface area (Å²) in [6.07, 6.45) is 2.00. The van der Waals surface area contributed by atoms with Crippen LogP contribution in [0.5, 0.6) is 5.75 Å². The van der Waals surface area contributed by atoms with Crippen LogP contribution in [0.1, 0.15) is 26.3 Å². The molecule has 0 fully saturated rings. The number of urea groups is 1. The molecule has 0 spiro atoms. The molecule has 2 aromatic rings. The molecule has 0 saturated carbocycles. The third-order valence-corrected chi connectivity index (χ3v) is 5.98. The molecule has 152 valence electrons. The number of hydrogen-bond donors (Lipinski definition) is 1. The normalized spacial score (nSPS) is 11.3. The Morgan fingerprint density at radius 2 is 1.71 bits per heavy atom. The summed E-state index contributed by atoms with van der Waals surface area (Å²) in [5, 5.41) is 2.92. The van der Waals surface area contributed by atoms with E-state index in [0.29, 0.717) is 6.54 Å². The van der Waals surface area contributed by atoms with Gasteiger partial charge in [0.1, 0.15) is 5.75 Å². The van der Waals surface area contributed by atoms with Crippen LogP contribution >= 0.6 is 11.8 Å². The summed E-state index contributed by atoms with van der Waals surface area (Å²) >= 11 is 1.64. The van der Waals surface area contributed by atoms with E-state index in [4.69, 9.17) is 4.18 Å². The van der Waals surface area contributed by atoms with Crippen LogP contribution in [-0.4, -0.2) is 37.4 Å². The van der Waals surface area contributed by atoms with Gasteiger partial charge in [-0.1, -0.05) is 12.1 Å². The Hall–Kier alpha value is -2.19. The quantitative estimate of drug-likeness (QED) is 0.498. The lowest BCUT2D eigenvalue weighted by atomic mass is 10.2. The van der Waals surface area contributed by atoms with Crippen molar-refractivity contribution in [2.75, 3.05) is 17.3 Å². The summed E-state index contributed by atoms with van der Waals surface area (Å²) in [5.41, 5.74) is 1.62. The second kappa shape index (κ2) is 9.84. The van der Waals surface area contributed by atoms with Gasteiger partial charge in [0, 0.05) is 23.2 Å². The van der Waals surface area contributed by atoms with E-state index >= 15 is 0 Å². The monoisotopic (exact) mass is 422 g/mol. The first-order valence-corrected chi connectivity index (χ1v) is 11.8. The molecule has 0 aromatic heterocycles. The summed E-state index contributed by atoms with van der Waals surface area (Å²) in [4.78, 5) is 15.6. The fourth-order valence-corrected chi connectivity index (χ4v) is 3.34. The van der Waals surface area contributed by atoms with Crippen molar-refractivity contribution in [1.29, 1.82) is 0 Å². The van der Waals surface area contributed by atoms with E-state index in [-0.39, 0.29) is 23.6 Å². The minimum absolute atomic E-state index is 0.0122. The average molecular weight is 423 g/mol. The molecule has 8 heteroatoms. The number of hydrogen-bond acceptors (Lipinski definition) is 5. The van der Waals surface area contributed by atoms with E-state index in [1.165, 1.54) is 6.92 Å². The number of thioether (sulfide) groups is 1. The van der Waals surface area contributed by atoms with Gasteiger partial charge in [0.05, 0.1) is 5.75 Å². The molecule has 2 aromatic carbocycles. The van der Waals surface area contributed by atoms with Gasteiger partial charge in [-0.3, -0.25) is 0 Å². The Balaban J connectivity index is 2.06. The zero-order valence-electron chi connectivity index (χ0n) is 16.5. The van der Waals surface area contributed by atoms with Crippen molar-refractivity contribution in [3.05, 3.63) is 54.1 Å². The van der Waals surface area contributed by atoms with E-state index in [1.54, 1.807) is 40.9 Å². The Labute approximate surface area is 171 Å². The van der Waals surface area contributed by atoms with Gasteiger partial charge < -0.3 is 14.4 Å². The van der Waals surface area contributed by atoms with Crippen molar-refractivity contribution in [3.63, 3.8) is 0 Å². The van der Waals surface area contributed by atoms with Gasteiger partial charge >= 0.3 is 16.1 Å². The highest BCUT2D eigenvalue weighted by Crippen LogP contribution is 2.20. The van der Waals surface area contributed by atoms with E-state index in [2.05, 4.69) is 5.32 Å². The van der Waals surface area contributed by atoms with Crippen molar-refractivity contribution < 1.29 is 17.4 Å². The Morgan fingerprint density at radius 3 is 2.21 bits per heavy atom. The first-order valence-electron chi connectivity index (χ1n) is 8.97. The minimum atomic E-state index is -3.55. The van der Waals surface area contributed by atoms with Gasteiger partial charge in [0.2, 0.25) is 0 Å². The SMILES string of the molecule is CCS(=O)(=O)Oc1ccc(CN(C(=O)Nc2ccc(SC)cc2)C(C)C)cc1. The van der Waals surface area contributed by atoms with Crippen molar-refractivity contribution >= 4 is 33.6 Å². The lowest BCUT2D eigenvalue weighted by Crippen LogP contribution is -2.39. The molecule has 1 N–H and O–H groups in total. The summed E-state index contributed by atoms with van der Waals surface area (Å²) < 4.78 is 28.1. The van der Waals surface area contributed by atoms with Gasteiger partial charge in [-0.25, -0.2) is 4.79 Å². The first-order chi connectivity index (χ1) is 13.2. The molecule has 2 amide bonds. The molecule has 0 atom stereocenters. The van der Waals surface area contributed by atoms with Crippen molar-refractivity contribution in [1.82, 2.24) is 4.90 Å². The number of amides is 2. The number of carbonyl (C=O) groups is 1. The van der Waals surface area contributed by atoms with Gasteiger partial charge in [-0.05, 0) is 69.0 Å². The molecule has 6 nitrogen and oxygen atoms in total. The summed E-state index contributed by atoms with van der Waals surface area (Å²) in [7, 11) is -3.55. The maximum atomic E-state index is 12.7. The van der Waals surface area contributed by atoms with Crippen molar-refractivity contribution in [2.24, 2.45) is 0 Å². The van der Waals surface area contributed by atoms with Gasteiger partial charge in [0.15, 0.2) is 0 Å². The second-order valence-electron chi connectivity index (χ2n) is 6.45. The molecule has 0 aliphatic rings. The predicted molar refractivity (Wildman–Crippen MR) is 114 cm³/mol. The molecule has 0 unspecified atom stereocenters. The zero-order chi connectivity index (χ0) is 20.7. The number of anilines is 1. The second-order valence-corrected chi connectivity index (χ2v) is 9.19. The lowest BCUT2D eigenvalue weighted by Gasteiger charge is -2.27. The van der Waals surface area contributed by atoms with Crippen LogP contribution in [0.4, 0.5) is 10.5 Å². The first kappa shape index (κ1) is 22.1. The van der Waals surface area contributed by atoms with Gasteiger partial charge in [-0.15, -0.1) is 11.8 Å². The highest BCUT2D eigenvalue weighted by Gasteiger charge is 2.18. The summed E-state index contributed by atoms with van der Waals surface area (Å²) in [5.74, 6) is 0.175. The Bertz CT molecular complexity index is 879. The van der Waals surface area contributed by atoms with E-state index in [1.807, 2.05) is 44.4 Å². The molecule has 2 rings (SSSR count). The van der Waals surface area contributed by atoms with E-state index in [9.17, 15) is 13.2 Å². The highest BCUT2D eigenvalue weighted by atomic mass is 32.2. The van der Waals surface area contributed by atoms with Crippen LogP contribution in [-0.2, 0) is 16.7 Å². The van der Waals surface area contributed by atoms with Crippen LogP contribution in [0.3, 0.4) is 0 Å². The molecule has 0 heterocycles. The van der Waals surface area contributed by atoms with Crippen molar-refractivity contribution in [2.45, 2.75) is 38.3 Å². The fourth-order valence-electron chi connectivity index (χ4n) is 2.41. The smallest absolute Gasteiger partial charge is 0.322 e.